The summed E-state index contributed by atoms with van der Waals surface area (Å²) < 4.78 is 7.52. The van der Waals surface area contributed by atoms with Crippen LogP contribution in [0.25, 0.3) is 4.96 Å². The van der Waals surface area contributed by atoms with E-state index in [9.17, 15) is 10.1 Å². The molecule has 3 aromatic rings. The van der Waals surface area contributed by atoms with Crippen LogP contribution in [0.2, 0.25) is 10.0 Å². The van der Waals surface area contributed by atoms with Gasteiger partial charge in [0.05, 0.1) is 22.8 Å². The third-order valence-electron chi connectivity index (χ3n) is 4.60. The molecule has 0 N–H and O–H groups in total. The quantitative estimate of drug-likeness (QED) is 0.432. The maximum Gasteiger partial charge on any atom is 0.373 e. The number of hydrogen-bond acceptors (Lipinski definition) is 6. The highest BCUT2D eigenvalue weighted by molar-refractivity contribution is 7.15. The first-order chi connectivity index (χ1) is 13.0. The summed E-state index contributed by atoms with van der Waals surface area (Å²) in [6.07, 6.45) is 3.34. The molecule has 0 saturated carbocycles. The Morgan fingerprint density at radius 2 is 2.07 bits per heavy atom. The number of nitro groups is 1. The van der Waals surface area contributed by atoms with Crippen molar-refractivity contribution in [1.29, 1.82) is 0 Å². The van der Waals surface area contributed by atoms with Gasteiger partial charge in [0, 0.05) is 18.5 Å². The molecule has 1 fully saturated rings. The van der Waals surface area contributed by atoms with Crippen molar-refractivity contribution in [1.82, 2.24) is 9.38 Å². The first kappa shape index (κ1) is 18.5. The number of piperidine rings is 1. The Hall–Kier alpha value is -1.87. The van der Waals surface area contributed by atoms with E-state index in [0.717, 1.165) is 18.4 Å². The van der Waals surface area contributed by atoms with Gasteiger partial charge in [0.15, 0.2) is 0 Å². The number of aromatic nitrogens is 2. The summed E-state index contributed by atoms with van der Waals surface area (Å²) in [6, 6.07) is 5.46. The monoisotopic (exact) mass is 426 g/mol. The number of rotatable bonds is 5. The molecule has 27 heavy (non-hydrogen) atoms. The van der Waals surface area contributed by atoms with E-state index in [4.69, 9.17) is 27.9 Å². The van der Waals surface area contributed by atoms with Crippen LogP contribution in [0.1, 0.15) is 18.4 Å². The summed E-state index contributed by atoms with van der Waals surface area (Å²) >= 11 is 13.3. The van der Waals surface area contributed by atoms with Gasteiger partial charge in [-0.05, 0) is 35.5 Å². The van der Waals surface area contributed by atoms with Crippen LogP contribution >= 0.6 is 34.5 Å². The molecule has 1 aliphatic rings. The zero-order chi connectivity index (χ0) is 19.0. The molecule has 2 aromatic heterocycles. The molecule has 0 radical (unpaired) electrons. The second kappa shape index (κ2) is 7.63. The normalized spacial score (nSPS) is 15.6. The minimum absolute atomic E-state index is 0.0291. The molecule has 0 amide bonds. The molecule has 4 rings (SSSR count). The smallest absolute Gasteiger partial charge is 0.373 e. The van der Waals surface area contributed by atoms with E-state index in [2.05, 4.69) is 4.98 Å². The predicted octanol–water partition coefficient (Wildman–Crippen LogP) is 4.80. The van der Waals surface area contributed by atoms with E-state index in [1.54, 1.807) is 23.7 Å². The van der Waals surface area contributed by atoms with E-state index < -0.39 is 0 Å². The van der Waals surface area contributed by atoms with E-state index in [-0.39, 0.29) is 16.8 Å². The molecule has 1 aromatic carbocycles. The standard InChI is InChI=1S/C17H16Cl2N4O3S/c18-13-2-1-11(9-14(13)19)10-26-12-3-5-21(6-4-12)15-16(23(24)25)22-7-8-27-17(22)20-15/h1-2,7-9,12H,3-6,10H2. The van der Waals surface area contributed by atoms with Crippen LogP contribution in [0.3, 0.4) is 0 Å². The summed E-state index contributed by atoms with van der Waals surface area (Å²) in [5.41, 5.74) is 0.969. The van der Waals surface area contributed by atoms with Gasteiger partial charge in [0.25, 0.3) is 4.96 Å². The number of benzene rings is 1. The Morgan fingerprint density at radius 3 is 2.78 bits per heavy atom. The Labute approximate surface area is 169 Å². The van der Waals surface area contributed by atoms with E-state index >= 15 is 0 Å². The van der Waals surface area contributed by atoms with Crippen molar-refractivity contribution in [2.75, 3.05) is 18.0 Å². The highest BCUT2D eigenvalue weighted by Crippen LogP contribution is 2.33. The van der Waals surface area contributed by atoms with E-state index in [1.165, 1.54) is 15.7 Å². The Balaban J connectivity index is 1.39. The highest BCUT2D eigenvalue weighted by atomic mass is 35.5. The van der Waals surface area contributed by atoms with Crippen molar-refractivity contribution in [3.8, 4) is 0 Å². The topological polar surface area (TPSA) is 72.9 Å². The maximum atomic E-state index is 11.5. The van der Waals surface area contributed by atoms with Crippen molar-refractivity contribution < 1.29 is 9.66 Å². The molecule has 0 aliphatic carbocycles. The first-order valence-electron chi connectivity index (χ1n) is 8.43. The number of ether oxygens (including phenoxy) is 1. The number of thiazole rings is 1. The van der Waals surface area contributed by atoms with Crippen LogP contribution in [0.4, 0.5) is 11.6 Å². The molecule has 1 aliphatic heterocycles. The summed E-state index contributed by atoms with van der Waals surface area (Å²) in [6.45, 7) is 1.79. The fraction of sp³-hybridized carbons (Fsp3) is 0.353. The highest BCUT2D eigenvalue weighted by Gasteiger charge is 2.30. The molecule has 7 nitrogen and oxygen atoms in total. The minimum atomic E-state index is -0.366. The lowest BCUT2D eigenvalue weighted by atomic mass is 10.1. The van der Waals surface area contributed by atoms with Gasteiger partial charge < -0.3 is 19.8 Å². The van der Waals surface area contributed by atoms with E-state index in [0.29, 0.717) is 40.5 Å². The largest absolute Gasteiger partial charge is 0.373 e. The second-order valence-electron chi connectivity index (χ2n) is 6.32. The summed E-state index contributed by atoms with van der Waals surface area (Å²) in [7, 11) is 0. The van der Waals surface area contributed by atoms with Crippen molar-refractivity contribution in [3.63, 3.8) is 0 Å². The fourth-order valence-electron chi connectivity index (χ4n) is 3.22. The third-order valence-corrected chi connectivity index (χ3v) is 6.10. The van der Waals surface area contributed by atoms with Gasteiger partial charge in [-0.2, -0.15) is 9.38 Å². The Kier molecular flexibility index (Phi) is 5.23. The molecule has 10 heteroatoms. The Morgan fingerprint density at radius 1 is 1.30 bits per heavy atom. The average Bonchev–Trinajstić information content (AvgIpc) is 3.24. The van der Waals surface area contributed by atoms with Gasteiger partial charge in [-0.1, -0.05) is 40.6 Å². The van der Waals surface area contributed by atoms with Crippen LogP contribution in [-0.4, -0.2) is 33.5 Å². The number of nitrogens with zero attached hydrogens (tertiary/aromatic N) is 4. The molecule has 142 valence electrons. The Bertz CT molecular complexity index is 982. The number of imidazole rings is 1. The zero-order valence-corrected chi connectivity index (χ0v) is 16.5. The van der Waals surface area contributed by atoms with Crippen molar-refractivity contribution in [2.24, 2.45) is 0 Å². The molecule has 0 spiro atoms. The van der Waals surface area contributed by atoms with Crippen molar-refractivity contribution >= 4 is 51.1 Å². The lowest BCUT2D eigenvalue weighted by molar-refractivity contribution is -0.389. The van der Waals surface area contributed by atoms with Crippen LogP contribution in [0.15, 0.2) is 29.8 Å². The average molecular weight is 427 g/mol. The lowest BCUT2D eigenvalue weighted by Gasteiger charge is -2.31. The zero-order valence-electron chi connectivity index (χ0n) is 14.2. The van der Waals surface area contributed by atoms with Gasteiger partial charge in [-0.15, -0.1) is 0 Å². The second-order valence-corrected chi connectivity index (χ2v) is 8.00. The number of anilines is 1. The molecule has 1 saturated heterocycles. The van der Waals surface area contributed by atoms with Gasteiger partial charge in [-0.3, -0.25) is 0 Å². The summed E-state index contributed by atoms with van der Waals surface area (Å²) in [4.78, 5) is 18.2. The molecular weight excluding hydrogens is 411 g/mol. The third kappa shape index (κ3) is 3.75. The molecule has 0 unspecified atom stereocenters. The molecule has 0 bridgehead atoms. The van der Waals surface area contributed by atoms with Gasteiger partial charge >= 0.3 is 5.82 Å². The van der Waals surface area contributed by atoms with Gasteiger partial charge in [0.2, 0.25) is 5.82 Å². The van der Waals surface area contributed by atoms with Crippen molar-refractivity contribution in [2.45, 2.75) is 25.6 Å². The molecule has 3 heterocycles. The first-order valence-corrected chi connectivity index (χ1v) is 10.1. The van der Waals surface area contributed by atoms with E-state index in [1.807, 2.05) is 11.0 Å². The predicted molar refractivity (Wildman–Crippen MR) is 106 cm³/mol. The lowest BCUT2D eigenvalue weighted by Crippen LogP contribution is -2.37. The van der Waals surface area contributed by atoms with Crippen LogP contribution in [-0.2, 0) is 11.3 Å². The van der Waals surface area contributed by atoms with Crippen LogP contribution < -0.4 is 4.90 Å². The number of fused-ring (bicyclic) bond motifs is 1. The fourth-order valence-corrected chi connectivity index (χ4v) is 4.25. The molecular formula is C17H16Cl2N4O3S. The van der Waals surface area contributed by atoms with Gasteiger partial charge in [0.1, 0.15) is 6.20 Å². The van der Waals surface area contributed by atoms with Crippen LogP contribution in [0, 0.1) is 10.1 Å². The van der Waals surface area contributed by atoms with Gasteiger partial charge in [-0.25, -0.2) is 0 Å². The van der Waals surface area contributed by atoms with Crippen LogP contribution in [0.5, 0.6) is 0 Å². The van der Waals surface area contributed by atoms with Crippen molar-refractivity contribution in [3.05, 3.63) is 55.5 Å². The number of halogens is 2. The number of hydrogen-bond donors (Lipinski definition) is 0. The minimum Gasteiger partial charge on any atom is -0.373 e. The summed E-state index contributed by atoms with van der Waals surface area (Å²) in [5.74, 6) is 0.469. The SMILES string of the molecule is O=[N+]([O-])c1c(N2CCC(OCc3ccc(Cl)c(Cl)c3)CC2)nc2sccn12. The maximum absolute atomic E-state index is 11.5. The molecule has 0 atom stereocenters. The summed E-state index contributed by atoms with van der Waals surface area (Å²) in [5, 5.41) is 14.3.